The molecule has 2 N–H and O–H groups in total. The van der Waals surface area contributed by atoms with Crippen LogP contribution in [0.25, 0.3) is 0 Å². The lowest BCUT2D eigenvalue weighted by Gasteiger charge is -2.13. The molecule has 0 aliphatic heterocycles. The van der Waals surface area contributed by atoms with E-state index in [4.69, 9.17) is 29.1 Å². The van der Waals surface area contributed by atoms with Crippen molar-refractivity contribution in [2.75, 3.05) is 27.8 Å². The molecular weight excluding hydrogens is 438 g/mol. The predicted molar refractivity (Wildman–Crippen MR) is 112 cm³/mol. The lowest BCUT2D eigenvalue weighted by molar-refractivity contribution is -0.147. The smallest absolute Gasteiger partial charge is 0.349 e. The molecule has 2 aromatic rings. The summed E-state index contributed by atoms with van der Waals surface area (Å²) in [5, 5.41) is 17.8. The van der Waals surface area contributed by atoms with Gasteiger partial charge in [-0.1, -0.05) is 24.3 Å². The zero-order valence-corrected chi connectivity index (χ0v) is 17.9. The van der Waals surface area contributed by atoms with Gasteiger partial charge in [-0.15, -0.1) is 0 Å². The number of rotatable bonds is 11. The minimum Gasteiger partial charge on any atom is -0.467 e. The molecular formula is C22H23NO10. The number of nitrogens with one attached hydrogen (secondary N) is 1. The van der Waals surface area contributed by atoms with Gasteiger partial charge in [-0.3, -0.25) is 5.41 Å². The van der Waals surface area contributed by atoms with Gasteiger partial charge in [0.2, 0.25) is 0 Å². The van der Waals surface area contributed by atoms with Gasteiger partial charge in [-0.25, -0.2) is 14.4 Å². The number of hydrogen-bond acceptors (Lipinski definition) is 11. The standard InChI is InChI=1S/C22H23NO10/c1-28-12-30-17-9-5-3-7-14(17)20(25)32-19(23)11-16(24)22(27)33-21(26)15-8-4-6-10-18(15)31-13-29-2/h3-10,16,23-24H,11-13H2,1-2H3. The number of carbonyl (C=O) groups excluding carboxylic acids is 3. The summed E-state index contributed by atoms with van der Waals surface area (Å²) in [4.78, 5) is 36.7. The van der Waals surface area contributed by atoms with Crippen molar-refractivity contribution in [1.82, 2.24) is 0 Å². The average Bonchev–Trinajstić information content (AvgIpc) is 2.81. The lowest BCUT2D eigenvalue weighted by Crippen LogP contribution is -2.29. The zero-order valence-electron chi connectivity index (χ0n) is 17.9. The van der Waals surface area contributed by atoms with Crippen molar-refractivity contribution in [3.63, 3.8) is 0 Å². The number of aliphatic hydroxyl groups is 1. The summed E-state index contributed by atoms with van der Waals surface area (Å²) < 4.78 is 29.6. The molecule has 0 radical (unpaired) electrons. The first kappa shape index (κ1) is 25.5. The number of benzene rings is 2. The fraction of sp³-hybridized carbons (Fsp3) is 0.273. The highest BCUT2D eigenvalue weighted by molar-refractivity contribution is 6.02. The fourth-order valence-electron chi connectivity index (χ4n) is 2.45. The first-order chi connectivity index (χ1) is 15.9. The minimum atomic E-state index is -1.93. The highest BCUT2D eigenvalue weighted by Crippen LogP contribution is 2.21. The van der Waals surface area contributed by atoms with Crippen molar-refractivity contribution >= 4 is 23.8 Å². The second kappa shape index (κ2) is 12.9. The molecule has 2 rings (SSSR count). The van der Waals surface area contributed by atoms with Gasteiger partial charge in [0, 0.05) is 14.2 Å². The molecule has 0 aliphatic rings. The van der Waals surface area contributed by atoms with Crippen LogP contribution in [-0.2, 0) is 23.7 Å². The van der Waals surface area contributed by atoms with Gasteiger partial charge in [0.25, 0.3) is 0 Å². The van der Waals surface area contributed by atoms with Crippen LogP contribution < -0.4 is 9.47 Å². The quantitative estimate of drug-likeness (QED) is 0.167. The van der Waals surface area contributed by atoms with E-state index >= 15 is 0 Å². The summed E-state index contributed by atoms with van der Waals surface area (Å²) >= 11 is 0. The molecule has 2 aromatic carbocycles. The van der Waals surface area contributed by atoms with Crippen molar-refractivity contribution in [3.05, 3.63) is 59.7 Å². The Hall–Kier alpha value is -3.80. The summed E-state index contributed by atoms with van der Waals surface area (Å²) in [5.41, 5.74) is -0.0523. The third kappa shape index (κ3) is 7.68. The van der Waals surface area contributed by atoms with Gasteiger partial charge < -0.3 is 33.5 Å². The third-order valence-corrected chi connectivity index (χ3v) is 3.94. The van der Waals surface area contributed by atoms with Crippen LogP contribution in [0.5, 0.6) is 11.5 Å². The second-order valence-electron chi connectivity index (χ2n) is 6.34. The predicted octanol–water partition coefficient (Wildman–Crippen LogP) is 1.92. The van der Waals surface area contributed by atoms with Crippen molar-refractivity contribution < 1.29 is 47.9 Å². The summed E-state index contributed by atoms with van der Waals surface area (Å²) in [5.74, 6) is -3.78. The monoisotopic (exact) mass is 461 g/mol. The summed E-state index contributed by atoms with van der Waals surface area (Å²) in [6.45, 7) is -0.247. The molecule has 176 valence electrons. The van der Waals surface area contributed by atoms with Crippen LogP contribution in [-0.4, -0.2) is 62.8 Å². The third-order valence-electron chi connectivity index (χ3n) is 3.94. The molecule has 33 heavy (non-hydrogen) atoms. The molecule has 0 spiro atoms. The molecule has 11 nitrogen and oxygen atoms in total. The Balaban J connectivity index is 1.94. The Morgan fingerprint density at radius 2 is 1.27 bits per heavy atom. The van der Waals surface area contributed by atoms with Crippen molar-refractivity contribution in [1.29, 1.82) is 5.41 Å². The molecule has 0 amide bonds. The van der Waals surface area contributed by atoms with E-state index in [-0.39, 0.29) is 36.2 Å². The SMILES string of the molecule is COCOc1ccccc1C(=O)OC(=N)CC(O)C(=O)OC(=O)c1ccccc1OCOC. The first-order valence-electron chi connectivity index (χ1n) is 9.52. The van der Waals surface area contributed by atoms with E-state index in [9.17, 15) is 19.5 Å². The number of hydrogen-bond donors (Lipinski definition) is 2. The van der Waals surface area contributed by atoms with E-state index in [1.54, 1.807) is 18.2 Å². The van der Waals surface area contributed by atoms with Gasteiger partial charge in [0.15, 0.2) is 25.6 Å². The Morgan fingerprint density at radius 1 is 0.818 bits per heavy atom. The van der Waals surface area contributed by atoms with E-state index in [2.05, 4.69) is 4.74 Å². The fourth-order valence-corrected chi connectivity index (χ4v) is 2.45. The Bertz CT molecular complexity index is 991. The summed E-state index contributed by atoms with van der Waals surface area (Å²) in [6.07, 6.45) is -2.64. The van der Waals surface area contributed by atoms with Gasteiger partial charge in [0.05, 0.1) is 6.42 Å². The zero-order chi connectivity index (χ0) is 24.2. The molecule has 1 unspecified atom stereocenters. The van der Waals surface area contributed by atoms with E-state index in [0.717, 1.165) is 0 Å². The lowest BCUT2D eigenvalue weighted by atomic mass is 10.2. The second-order valence-corrected chi connectivity index (χ2v) is 6.34. The van der Waals surface area contributed by atoms with Gasteiger partial charge in [-0.2, -0.15) is 0 Å². The van der Waals surface area contributed by atoms with Gasteiger partial charge >= 0.3 is 17.9 Å². The van der Waals surface area contributed by atoms with E-state index in [1.165, 1.54) is 44.6 Å². The Morgan fingerprint density at radius 3 is 1.76 bits per heavy atom. The first-order valence-corrected chi connectivity index (χ1v) is 9.52. The number of ether oxygens (including phenoxy) is 6. The minimum absolute atomic E-state index is 0.0132. The van der Waals surface area contributed by atoms with Gasteiger partial charge in [0.1, 0.15) is 22.6 Å². The molecule has 11 heteroatoms. The number of carbonyl (C=O) groups is 3. The average molecular weight is 461 g/mol. The number of aliphatic hydroxyl groups excluding tert-OH is 1. The van der Waals surface area contributed by atoms with Crippen molar-refractivity contribution in [2.45, 2.75) is 12.5 Å². The maximum absolute atomic E-state index is 12.3. The van der Waals surface area contributed by atoms with Crippen molar-refractivity contribution in [2.24, 2.45) is 0 Å². The normalized spacial score (nSPS) is 11.2. The number of methoxy groups -OCH3 is 2. The Kier molecular flexibility index (Phi) is 9.96. The molecule has 0 saturated heterocycles. The van der Waals surface area contributed by atoms with Crippen LogP contribution in [0, 0.1) is 5.41 Å². The van der Waals surface area contributed by atoms with Crippen LogP contribution in [0.15, 0.2) is 48.5 Å². The molecule has 0 heterocycles. The molecule has 0 aromatic heterocycles. The van der Waals surface area contributed by atoms with Crippen LogP contribution in [0.3, 0.4) is 0 Å². The highest BCUT2D eigenvalue weighted by atomic mass is 16.7. The van der Waals surface area contributed by atoms with E-state index in [0.29, 0.717) is 0 Å². The molecule has 0 saturated carbocycles. The largest absolute Gasteiger partial charge is 0.467 e. The van der Waals surface area contributed by atoms with E-state index < -0.39 is 36.3 Å². The number of esters is 3. The van der Waals surface area contributed by atoms with Crippen molar-refractivity contribution in [3.8, 4) is 11.5 Å². The van der Waals surface area contributed by atoms with Crippen LogP contribution in [0.2, 0.25) is 0 Å². The topological polar surface area (TPSA) is 151 Å². The summed E-state index contributed by atoms with van der Waals surface area (Å²) in [6, 6.07) is 12.1. The van der Waals surface area contributed by atoms with Gasteiger partial charge in [-0.05, 0) is 24.3 Å². The maximum atomic E-state index is 12.3. The van der Waals surface area contributed by atoms with Crippen LogP contribution in [0.4, 0.5) is 0 Å². The summed E-state index contributed by atoms with van der Waals surface area (Å²) in [7, 11) is 2.81. The Labute approximate surface area is 189 Å². The van der Waals surface area contributed by atoms with Crippen LogP contribution >= 0.6 is 0 Å². The maximum Gasteiger partial charge on any atom is 0.349 e. The molecule has 0 bridgehead atoms. The molecule has 0 aliphatic carbocycles. The molecule has 1 atom stereocenters. The van der Waals surface area contributed by atoms with Crippen LogP contribution in [0.1, 0.15) is 27.1 Å². The molecule has 0 fully saturated rings. The van der Waals surface area contributed by atoms with E-state index in [1.807, 2.05) is 0 Å². The number of para-hydroxylation sites is 2. The highest BCUT2D eigenvalue weighted by Gasteiger charge is 2.26.